The van der Waals surface area contributed by atoms with Crippen molar-refractivity contribution >= 4 is 17.9 Å². The van der Waals surface area contributed by atoms with E-state index in [1.165, 1.54) is 128 Å². The van der Waals surface area contributed by atoms with Gasteiger partial charge in [0.1, 0.15) is 0 Å². The molecule has 0 aromatic heterocycles. The highest BCUT2D eigenvalue weighted by Gasteiger charge is 2.39. The molecule has 356 valence electrons. The molecule has 0 aliphatic carbocycles. The molecule has 60 heavy (non-hydrogen) atoms. The van der Waals surface area contributed by atoms with Gasteiger partial charge in [-0.25, -0.2) is 0 Å². The van der Waals surface area contributed by atoms with Gasteiger partial charge in [0.15, 0.2) is 0 Å². The van der Waals surface area contributed by atoms with Crippen LogP contribution in [0.2, 0.25) is 0 Å². The first-order chi connectivity index (χ1) is 29.2. The Morgan fingerprint density at radius 2 is 0.467 bits per heavy atom. The summed E-state index contributed by atoms with van der Waals surface area (Å²) in [6.45, 7) is 8.96. The van der Waals surface area contributed by atoms with Gasteiger partial charge in [-0.1, -0.05) is 259 Å². The molecule has 0 saturated heterocycles. The van der Waals surface area contributed by atoms with Crippen LogP contribution in [0.25, 0.3) is 0 Å². The predicted octanol–water partition coefficient (Wildman–Crippen LogP) is 17.8. The summed E-state index contributed by atoms with van der Waals surface area (Å²) in [5.74, 6) is -3.45. The van der Waals surface area contributed by atoms with Gasteiger partial charge in [-0.15, -0.1) is 0 Å². The number of carboxylic acids is 3. The Morgan fingerprint density at radius 3 is 0.683 bits per heavy atom. The van der Waals surface area contributed by atoms with Gasteiger partial charge in [-0.3, -0.25) is 14.4 Å². The van der Waals surface area contributed by atoms with Crippen LogP contribution in [0.1, 0.15) is 297 Å². The molecule has 0 heterocycles. The SMILES string of the molecule is CCCCCCCCCCC(CCCCCCCCC(C(CCCCCCCCCC)C(=O)O)C(CCCCCCCC)C(CCCCCCCCCC)C(=O)O)C(=O)O. The smallest absolute Gasteiger partial charge is 0.306 e. The summed E-state index contributed by atoms with van der Waals surface area (Å²) in [5.41, 5.74) is 0. The molecule has 5 unspecified atom stereocenters. The second kappa shape index (κ2) is 44.0. The number of hydrogen-bond acceptors (Lipinski definition) is 3. The minimum absolute atomic E-state index is 0.0950. The number of carboxylic acid groups (broad SMARTS) is 3. The molecule has 3 N–H and O–H groups in total. The van der Waals surface area contributed by atoms with E-state index in [0.29, 0.717) is 12.8 Å². The van der Waals surface area contributed by atoms with Crippen LogP contribution in [0, 0.1) is 29.6 Å². The highest BCUT2D eigenvalue weighted by atomic mass is 16.4. The second-order valence-electron chi connectivity index (χ2n) is 19.3. The van der Waals surface area contributed by atoms with Gasteiger partial charge < -0.3 is 15.3 Å². The van der Waals surface area contributed by atoms with Gasteiger partial charge in [0.25, 0.3) is 0 Å². The number of rotatable bonds is 49. The standard InChI is InChI=1S/C54H104O6/c1-5-9-13-17-21-24-29-35-41-47(52(55)56)42-36-30-27-28-32-38-44-49(51(54(59)60)46-40-34-26-23-19-15-11-7-3)48(43-37-31-20-16-12-8-4)50(53(57)58)45-39-33-25-22-18-14-10-6-2/h47-51H,5-46H2,1-4H3,(H,55,56)(H,57,58)(H,59,60). The average Bonchev–Trinajstić information content (AvgIpc) is 3.22. The summed E-state index contributed by atoms with van der Waals surface area (Å²) in [6, 6.07) is 0. The van der Waals surface area contributed by atoms with E-state index < -0.39 is 29.7 Å². The molecular formula is C54H104O6. The Balaban J connectivity index is 5.59. The first kappa shape index (κ1) is 58.4. The quantitative estimate of drug-likeness (QED) is 0.0526. The molecular weight excluding hydrogens is 745 g/mol. The molecule has 0 aliphatic heterocycles. The molecule has 0 saturated carbocycles. The predicted molar refractivity (Wildman–Crippen MR) is 257 cm³/mol. The lowest BCUT2D eigenvalue weighted by atomic mass is 9.68. The Hall–Kier alpha value is -1.59. The summed E-state index contributed by atoms with van der Waals surface area (Å²) in [4.78, 5) is 38.3. The summed E-state index contributed by atoms with van der Waals surface area (Å²) in [6.07, 6.45) is 46.3. The lowest BCUT2D eigenvalue weighted by molar-refractivity contribution is -0.151. The molecule has 5 atom stereocenters. The van der Waals surface area contributed by atoms with Gasteiger partial charge in [0, 0.05) is 0 Å². The zero-order chi connectivity index (χ0) is 44.3. The van der Waals surface area contributed by atoms with Crippen molar-refractivity contribution < 1.29 is 29.7 Å². The molecule has 6 nitrogen and oxygen atoms in total. The van der Waals surface area contributed by atoms with Crippen LogP contribution in [0.5, 0.6) is 0 Å². The van der Waals surface area contributed by atoms with Crippen molar-refractivity contribution in [2.24, 2.45) is 29.6 Å². The maximum absolute atomic E-state index is 13.2. The topological polar surface area (TPSA) is 112 Å². The summed E-state index contributed by atoms with van der Waals surface area (Å²) >= 11 is 0. The molecule has 0 aromatic carbocycles. The fourth-order valence-electron chi connectivity index (χ4n) is 10.0. The van der Waals surface area contributed by atoms with Gasteiger partial charge in [-0.2, -0.15) is 0 Å². The maximum atomic E-state index is 13.2. The number of aliphatic carboxylic acids is 3. The third-order valence-electron chi connectivity index (χ3n) is 13.9. The number of unbranched alkanes of at least 4 members (excludes halogenated alkanes) is 31. The van der Waals surface area contributed by atoms with Crippen molar-refractivity contribution in [1.29, 1.82) is 0 Å². The minimum atomic E-state index is -0.716. The van der Waals surface area contributed by atoms with Gasteiger partial charge in [0.2, 0.25) is 0 Å². The number of hydrogen-bond donors (Lipinski definition) is 3. The summed E-state index contributed by atoms with van der Waals surface area (Å²) in [5, 5.41) is 31.5. The van der Waals surface area contributed by atoms with E-state index in [1.54, 1.807) is 0 Å². The Labute approximate surface area is 373 Å². The van der Waals surface area contributed by atoms with Crippen LogP contribution in [0.15, 0.2) is 0 Å². The lowest BCUT2D eigenvalue weighted by Crippen LogP contribution is -2.37. The van der Waals surface area contributed by atoms with Crippen LogP contribution in [-0.4, -0.2) is 33.2 Å². The van der Waals surface area contributed by atoms with Crippen molar-refractivity contribution in [3.63, 3.8) is 0 Å². The molecule has 0 aliphatic rings. The Morgan fingerprint density at radius 1 is 0.267 bits per heavy atom. The van der Waals surface area contributed by atoms with E-state index in [0.717, 1.165) is 128 Å². The molecule has 0 rings (SSSR count). The minimum Gasteiger partial charge on any atom is -0.481 e. The van der Waals surface area contributed by atoms with E-state index in [9.17, 15) is 29.7 Å². The first-order valence-electron chi connectivity index (χ1n) is 26.9. The molecule has 0 fully saturated rings. The van der Waals surface area contributed by atoms with Crippen LogP contribution < -0.4 is 0 Å². The fourth-order valence-corrected chi connectivity index (χ4v) is 10.0. The van der Waals surface area contributed by atoms with Crippen LogP contribution in [-0.2, 0) is 14.4 Å². The summed E-state index contributed by atoms with van der Waals surface area (Å²) < 4.78 is 0. The first-order valence-corrected chi connectivity index (χ1v) is 26.9. The molecule has 0 radical (unpaired) electrons. The Bertz CT molecular complexity index is 950. The summed E-state index contributed by atoms with van der Waals surface area (Å²) in [7, 11) is 0. The van der Waals surface area contributed by atoms with E-state index in [1.807, 2.05) is 0 Å². The van der Waals surface area contributed by atoms with Crippen molar-refractivity contribution in [1.82, 2.24) is 0 Å². The zero-order valence-electron chi connectivity index (χ0n) is 40.7. The fraction of sp³-hybridized carbons (Fsp3) is 0.944. The molecule has 0 aromatic rings. The van der Waals surface area contributed by atoms with E-state index in [2.05, 4.69) is 27.7 Å². The van der Waals surface area contributed by atoms with Crippen LogP contribution in [0.3, 0.4) is 0 Å². The highest BCUT2D eigenvalue weighted by molar-refractivity contribution is 5.72. The van der Waals surface area contributed by atoms with E-state index >= 15 is 0 Å². The molecule has 0 spiro atoms. The molecule has 0 amide bonds. The van der Waals surface area contributed by atoms with Crippen molar-refractivity contribution in [3.8, 4) is 0 Å². The average molecular weight is 849 g/mol. The van der Waals surface area contributed by atoms with E-state index in [-0.39, 0.29) is 17.8 Å². The Kier molecular flexibility index (Phi) is 42.9. The third kappa shape index (κ3) is 34.0. The monoisotopic (exact) mass is 849 g/mol. The van der Waals surface area contributed by atoms with Crippen molar-refractivity contribution in [3.05, 3.63) is 0 Å². The number of carbonyl (C=O) groups is 3. The van der Waals surface area contributed by atoms with Gasteiger partial charge in [-0.05, 0) is 50.4 Å². The van der Waals surface area contributed by atoms with Crippen molar-refractivity contribution in [2.45, 2.75) is 297 Å². The third-order valence-corrected chi connectivity index (χ3v) is 13.9. The normalized spacial score (nSPS) is 14.2. The second-order valence-corrected chi connectivity index (χ2v) is 19.3. The molecule has 0 bridgehead atoms. The van der Waals surface area contributed by atoms with Gasteiger partial charge >= 0.3 is 17.9 Å². The van der Waals surface area contributed by atoms with E-state index in [4.69, 9.17) is 0 Å². The maximum Gasteiger partial charge on any atom is 0.306 e. The van der Waals surface area contributed by atoms with Gasteiger partial charge in [0.05, 0.1) is 17.8 Å². The lowest BCUT2D eigenvalue weighted by Gasteiger charge is -2.36. The van der Waals surface area contributed by atoms with Crippen LogP contribution in [0.4, 0.5) is 0 Å². The highest BCUT2D eigenvalue weighted by Crippen LogP contribution is 2.41. The zero-order valence-corrected chi connectivity index (χ0v) is 40.7. The molecule has 6 heteroatoms. The van der Waals surface area contributed by atoms with Crippen LogP contribution >= 0.6 is 0 Å². The van der Waals surface area contributed by atoms with Crippen molar-refractivity contribution in [2.75, 3.05) is 0 Å². The largest absolute Gasteiger partial charge is 0.481 e.